The molecule has 0 heterocycles. The van der Waals surface area contributed by atoms with Crippen LogP contribution in [0.3, 0.4) is 0 Å². The van der Waals surface area contributed by atoms with Crippen LogP contribution in [0.5, 0.6) is 0 Å². The molecule has 0 bridgehead atoms. The molecule has 17 heavy (non-hydrogen) atoms. The number of hydrogen-bond acceptors (Lipinski definition) is 2. The van der Waals surface area contributed by atoms with Crippen molar-refractivity contribution in [1.29, 1.82) is 0 Å². The minimum atomic E-state index is -0.136. The topological polar surface area (TPSA) is 55.1 Å². The molecule has 3 heteroatoms. The molecule has 1 aromatic rings. The zero-order valence-electron chi connectivity index (χ0n) is 9.80. The predicted octanol–water partition coefficient (Wildman–Crippen LogP) is 1.98. The lowest BCUT2D eigenvalue weighted by atomic mass is 10.1. The highest BCUT2D eigenvalue weighted by Crippen LogP contribution is 2.05. The summed E-state index contributed by atoms with van der Waals surface area (Å²) in [5, 5.41) is 2.68. The van der Waals surface area contributed by atoms with Gasteiger partial charge in [-0.3, -0.25) is 4.79 Å². The second-order valence-electron chi connectivity index (χ2n) is 3.55. The molecule has 3 nitrogen and oxygen atoms in total. The van der Waals surface area contributed by atoms with E-state index in [1.54, 1.807) is 0 Å². The summed E-state index contributed by atoms with van der Waals surface area (Å²) >= 11 is 0. The van der Waals surface area contributed by atoms with Gasteiger partial charge in [0.1, 0.15) is 0 Å². The molecule has 0 fully saturated rings. The van der Waals surface area contributed by atoms with E-state index in [9.17, 15) is 4.79 Å². The van der Waals surface area contributed by atoms with Gasteiger partial charge in [0, 0.05) is 5.70 Å². The smallest absolute Gasteiger partial charge is 0.238 e. The van der Waals surface area contributed by atoms with Crippen molar-refractivity contribution in [2.45, 2.75) is 12.8 Å². The van der Waals surface area contributed by atoms with Crippen molar-refractivity contribution in [2.75, 3.05) is 6.54 Å². The number of amides is 1. The fourth-order valence-electron chi connectivity index (χ4n) is 1.30. The van der Waals surface area contributed by atoms with Gasteiger partial charge in [-0.15, -0.1) is 0 Å². The summed E-state index contributed by atoms with van der Waals surface area (Å²) in [5.41, 5.74) is 5.99. The van der Waals surface area contributed by atoms with Crippen molar-refractivity contribution in [3.8, 4) is 0 Å². The molecule has 0 spiro atoms. The highest BCUT2D eigenvalue weighted by Gasteiger charge is 2.00. The Kier molecular flexibility index (Phi) is 6.44. The van der Waals surface area contributed by atoms with E-state index < -0.39 is 0 Å². The van der Waals surface area contributed by atoms with Crippen molar-refractivity contribution in [1.82, 2.24) is 5.32 Å². The van der Waals surface area contributed by atoms with E-state index in [-0.39, 0.29) is 12.5 Å². The summed E-state index contributed by atoms with van der Waals surface area (Å²) < 4.78 is 0. The van der Waals surface area contributed by atoms with Crippen LogP contribution in [0.25, 0.3) is 0 Å². The van der Waals surface area contributed by atoms with E-state index in [1.165, 1.54) is 0 Å². The molecule has 0 radical (unpaired) electrons. The zero-order chi connectivity index (χ0) is 12.3. The second-order valence-corrected chi connectivity index (χ2v) is 3.55. The highest BCUT2D eigenvalue weighted by molar-refractivity contribution is 5.80. The fourth-order valence-corrected chi connectivity index (χ4v) is 1.30. The third kappa shape index (κ3) is 6.33. The van der Waals surface area contributed by atoms with E-state index in [0.29, 0.717) is 0 Å². The molecule has 0 atom stereocenters. The number of benzene rings is 1. The summed E-state index contributed by atoms with van der Waals surface area (Å²) in [6.07, 6.45) is 7.98. The molecule has 3 N–H and O–H groups in total. The lowest BCUT2D eigenvalue weighted by Crippen LogP contribution is -2.29. The van der Waals surface area contributed by atoms with Gasteiger partial charge in [0.2, 0.25) is 5.91 Å². The van der Waals surface area contributed by atoms with Crippen molar-refractivity contribution in [3.63, 3.8) is 0 Å². The number of rotatable bonds is 2. The molecule has 1 aromatic carbocycles. The first-order chi connectivity index (χ1) is 8.33. The minimum Gasteiger partial charge on any atom is -0.325 e. The van der Waals surface area contributed by atoms with Crippen LogP contribution < -0.4 is 11.1 Å². The Morgan fingerprint density at radius 2 is 1.71 bits per heavy atom. The Labute approximate surface area is 102 Å². The summed E-state index contributed by atoms with van der Waals surface area (Å²) in [6.45, 7) is 0.0468. The van der Waals surface area contributed by atoms with E-state index in [2.05, 4.69) is 5.32 Å². The monoisotopic (exact) mass is 230 g/mol. The predicted molar refractivity (Wildman–Crippen MR) is 70.1 cm³/mol. The Balaban J connectivity index is 0.000000202. The molecule has 1 aliphatic carbocycles. The first kappa shape index (κ1) is 13.2. The number of allylic oxidation sites excluding steroid dienone is 3. The van der Waals surface area contributed by atoms with E-state index in [0.717, 1.165) is 18.5 Å². The summed E-state index contributed by atoms with van der Waals surface area (Å²) in [6, 6.07) is 12.0. The zero-order valence-corrected chi connectivity index (χ0v) is 9.80. The first-order valence-electron chi connectivity index (χ1n) is 5.69. The molecule has 1 aliphatic rings. The lowest BCUT2D eigenvalue weighted by Gasteiger charge is -2.07. The summed E-state index contributed by atoms with van der Waals surface area (Å²) in [5.74, 6) is -0.136. The van der Waals surface area contributed by atoms with Crippen LogP contribution in [-0.2, 0) is 4.79 Å². The average molecular weight is 230 g/mol. The molecule has 0 aliphatic heterocycles. The van der Waals surface area contributed by atoms with Crippen LogP contribution in [0.4, 0.5) is 0 Å². The minimum absolute atomic E-state index is 0.0468. The molecule has 0 saturated carbocycles. The maximum absolute atomic E-state index is 10.8. The Morgan fingerprint density at radius 1 is 1.12 bits per heavy atom. The van der Waals surface area contributed by atoms with E-state index >= 15 is 0 Å². The van der Waals surface area contributed by atoms with Crippen LogP contribution in [0.2, 0.25) is 0 Å². The van der Waals surface area contributed by atoms with E-state index in [4.69, 9.17) is 5.73 Å². The number of nitrogens with one attached hydrogen (secondary N) is 1. The standard InChI is InChI=1S/C8H12N2O.C6H6/c9-6-8(11)10-7-4-2-1-3-5-7;1-2-4-6-5-3-1/h2,4-5H,1,3,6,9H2,(H,10,11);1-6H. The lowest BCUT2D eigenvalue weighted by molar-refractivity contribution is -0.118. The molecular weight excluding hydrogens is 212 g/mol. The van der Waals surface area contributed by atoms with Gasteiger partial charge in [0.25, 0.3) is 0 Å². The Hall–Kier alpha value is -1.87. The average Bonchev–Trinajstić information content (AvgIpc) is 2.42. The van der Waals surface area contributed by atoms with Gasteiger partial charge in [0.05, 0.1) is 6.54 Å². The highest BCUT2D eigenvalue weighted by atomic mass is 16.1. The van der Waals surface area contributed by atoms with Crippen LogP contribution >= 0.6 is 0 Å². The van der Waals surface area contributed by atoms with Crippen molar-refractivity contribution in [3.05, 3.63) is 60.3 Å². The number of carbonyl (C=O) groups is 1. The van der Waals surface area contributed by atoms with Crippen LogP contribution in [-0.4, -0.2) is 12.5 Å². The fraction of sp³-hybridized carbons (Fsp3) is 0.214. The van der Waals surface area contributed by atoms with Gasteiger partial charge < -0.3 is 11.1 Å². The SMILES string of the molecule is NCC(=O)NC1=CCCC=C1.c1ccccc1. The largest absolute Gasteiger partial charge is 0.325 e. The van der Waals surface area contributed by atoms with Gasteiger partial charge in [-0.05, 0) is 18.9 Å². The molecule has 1 amide bonds. The number of carbonyl (C=O) groups excluding carboxylic acids is 1. The van der Waals surface area contributed by atoms with Crippen molar-refractivity contribution < 1.29 is 4.79 Å². The van der Waals surface area contributed by atoms with Gasteiger partial charge in [-0.2, -0.15) is 0 Å². The van der Waals surface area contributed by atoms with Gasteiger partial charge in [0.15, 0.2) is 0 Å². The second kappa shape index (κ2) is 8.30. The third-order valence-electron chi connectivity index (χ3n) is 2.13. The maximum atomic E-state index is 10.8. The van der Waals surface area contributed by atoms with E-state index in [1.807, 2.05) is 54.6 Å². The summed E-state index contributed by atoms with van der Waals surface area (Å²) in [4.78, 5) is 10.8. The third-order valence-corrected chi connectivity index (χ3v) is 2.13. The molecule has 0 aromatic heterocycles. The van der Waals surface area contributed by atoms with Crippen LogP contribution in [0.1, 0.15) is 12.8 Å². The number of nitrogens with two attached hydrogens (primary N) is 1. The summed E-state index contributed by atoms with van der Waals surface area (Å²) in [7, 11) is 0. The van der Waals surface area contributed by atoms with Gasteiger partial charge in [-0.1, -0.05) is 48.6 Å². The molecule has 90 valence electrons. The quantitative estimate of drug-likeness (QED) is 0.816. The van der Waals surface area contributed by atoms with Gasteiger partial charge >= 0.3 is 0 Å². The molecule has 0 unspecified atom stereocenters. The normalized spacial score (nSPS) is 13.1. The number of hydrogen-bond donors (Lipinski definition) is 2. The Bertz CT molecular complexity index is 356. The van der Waals surface area contributed by atoms with Crippen LogP contribution in [0, 0.1) is 0 Å². The molecule has 0 saturated heterocycles. The van der Waals surface area contributed by atoms with Crippen molar-refractivity contribution >= 4 is 5.91 Å². The maximum Gasteiger partial charge on any atom is 0.238 e. The van der Waals surface area contributed by atoms with Crippen molar-refractivity contribution in [2.24, 2.45) is 5.73 Å². The first-order valence-corrected chi connectivity index (χ1v) is 5.69. The molecular formula is C14H18N2O. The van der Waals surface area contributed by atoms with Gasteiger partial charge in [-0.25, -0.2) is 0 Å². The van der Waals surface area contributed by atoms with Crippen LogP contribution in [0.15, 0.2) is 60.3 Å². The molecule has 2 rings (SSSR count). The Morgan fingerprint density at radius 3 is 2.12 bits per heavy atom.